The van der Waals surface area contributed by atoms with Gasteiger partial charge >= 0.3 is 0 Å². The molecule has 0 saturated carbocycles. The number of hydrogen-bond donors (Lipinski definition) is 1. The first kappa shape index (κ1) is 23.4. The molecule has 1 aliphatic heterocycles. The number of thiophene rings is 1. The molecule has 0 aliphatic carbocycles. The number of ketones is 1. The van der Waals surface area contributed by atoms with Crippen LogP contribution in [0.15, 0.2) is 66.7 Å². The van der Waals surface area contributed by atoms with Crippen LogP contribution >= 0.6 is 11.3 Å². The molecule has 0 radical (unpaired) electrons. The fraction of sp³-hybridized carbons (Fsp3) is 0.276. The molecule has 1 aromatic heterocycles. The molecule has 0 bridgehead atoms. The lowest BCUT2D eigenvalue weighted by molar-refractivity contribution is 0.104. The SMILES string of the molecule is COc1ccc2c(C(=O)c3ccc(OCCN4CCCCC4)cc3)c(-c3ccccc3O)sc2c1. The second-order valence-electron chi connectivity index (χ2n) is 8.79. The minimum Gasteiger partial charge on any atom is -0.507 e. The molecule has 0 unspecified atom stereocenters. The third-order valence-electron chi connectivity index (χ3n) is 6.51. The zero-order chi connectivity index (χ0) is 24.2. The highest BCUT2D eigenvalue weighted by atomic mass is 32.1. The topological polar surface area (TPSA) is 59.0 Å². The van der Waals surface area contributed by atoms with Crippen molar-refractivity contribution in [3.05, 3.63) is 77.9 Å². The maximum Gasteiger partial charge on any atom is 0.195 e. The van der Waals surface area contributed by atoms with Gasteiger partial charge in [-0.25, -0.2) is 0 Å². The quantitative estimate of drug-likeness (QED) is 0.292. The Bertz CT molecular complexity index is 1320. The van der Waals surface area contributed by atoms with Crippen molar-refractivity contribution in [2.24, 2.45) is 0 Å². The maximum atomic E-state index is 13.8. The van der Waals surface area contributed by atoms with Gasteiger partial charge in [-0.1, -0.05) is 18.6 Å². The Labute approximate surface area is 209 Å². The molecule has 1 N–H and O–H groups in total. The molecule has 0 amide bonds. The molecule has 0 spiro atoms. The molecule has 6 heteroatoms. The van der Waals surface area contributed by atoms with Gasteiger partial charge in [0.15, 0.2) is 5.78 Å². The lowest BCUT2D eigenvalue weighted by atomic mass is 9.97. The maximum absolute atomic E-state index is 13.8. The third kappa shape index (κ3) is 5.04. The van der Waals surface area contributed by atoms with Gasteiger partial charge in [0, 0.05) is 33.3 Å². The first-order valence-corrected chi connectivity index (χ1v) is 12.8. The monoisotopic (exact) mass is 487 g/mol. The number of nitrogens with zero attached hydrogens (tertiary/aromatic N) is 1. The number of aromatic hydroxyl groups is 1. The van der Waals surface area contributed by atoms with E-state index in [9.17, 15) is 9.90 Å². The lowest BCUT2D eigenvalue weighted by Crippen LogP contribution is -2.33. The van der Waals surface area contributed by atoms with Gasteiger partial charge in [0.2, 0.25) is 0 Å². The van der Waals surface area contributed by atoms with Crippen molar-refractivity contribution in [3.63, 3.8) is 0 Å². The average Bonchev–Trinajstić information content (AvgIpc) is 3.28. The Morgan fingerprint density at radius 2 is 1.71 bits per heavy atom. The van der Waals surface area contributed by atoms with Gasteiger partial charge in [0.25, 0.3) is 0 Å². The van der Waals surface area contributed by atoms with Crippen LogP contribution in [0.1, 0.15) is 35.2 Å². The third-order valence-corrected chi connectivity index (χ3v) is 7.70. The molecule has 1 fully saturated rings. The molecule has 1 aliphatic rings. The van der Waals surface area contributed by atoms with Crippen LogP contribution in [-0.4, -0.2) is 49.1 Å². The summed E-state index contributed by atoms with van der Waals surface area (Å²) in [5.74, 6) is 1.56. The fourth-order valence-electron chi connectivity index (χ4n) is 4.61. The van der Waals surface area contributed by atoms with Crippen LogP contribution in [0, 0.1) is 0 Å². The first-order valence-electron chi connectivity index (χ1n) is 12.0. The summed E-state index contributed by atoms with van der Waals surface area (Å²) in [5, 5.41) is 11.4. The highest BCUT2D eigenvalue weighted by Crippen LogP contribution is 2.43. The van der Waals surface area contributed by atoms with E-state index >= 15 is 0 Å². The van der Waals surface area contributed by atoms with Crippen molar-refractivity contribution in [3.8, 4) is 27.7 Å². The molecule has 1 saturated heterocycles. The molecule has 35 heavy (non-hydrogen) atoms. The van der Waals surface area contributed by atoms with Crippen LogP contribution in [0.25, 0.3) is 20.5 Å². The van der Waals surface area contributed by atoms with Gasteiger partial charge in [0.1, 0.15) is 23.9 Å². The van der Waals surface area contributed by atoms with E-state index in [0.29, 0.717) is 23.3 Å². The van der Waals surface area contributed by atoms with Crippen LogP contribution in [-0.2, 0) is 0 Å². The van der Waals surface area contributed by atoms with Crippen LogP contribution in [0.3, 0.4) is 0 Å². The van der Waals surface area contributed by atoms with Crippen molar-refractivity contribution in [2.45, 2.75) is 19.3 Å². The van der Waals surface area contributed by atoms with E-state index in [1.54, 1.807) is 19.2 Å². The van der Waals surface area contributed by atoms with Gasteiger partial charge in [-0.05, 0) is 80.5 Å². The molecule has 2 heterocycles. The zero-order valence-electron chi connectivity index (χ0n) is 19.8. The summed E-state index contributed by atoms with van der Waals surface area (Å²) < 4.78 is 12.3. The normalized spacial score (nSPS) is 14.2. The van der Waals surface area contributed by atoms with Crippen molar-refractivity contribution in [2.75, 3.05) is 33.4 Å². The lowest BCUT2D eigenvalue weighted by Gasteiger charge is -2.26. The van der Waals surface area contributed by atoms with E-state index in [-0.39, 0.29) is 11.5 Å². The van der Waals surface area contributed by atoms with Crippen molar-refractivity contribution in [1.29, 1.82) is 0 Å². The van der Waals surface area contributed by atoms with Gasteiger partial charge in [-0.2, -0.15) is 0 Å². The Hall–Kier alpha value is -3.35. The average molecular weight is 488 g/mol. The van der Waals surface area contributed by atoms with Crippen LogP contribution in [0.4, 0.5) is 0 Å². The number of fused-ring (bicyclic) bond motifs is 1. The van der Waals surface area contributed by atoms with Gasteiger partial charge in [-0.3, -0.25) is 9.69 Å². The molecular weight excluding hydrogens is 458 g/mol. The number of phenols is 1. The van der Waals surface area contributed by atoms with E-state index in [4.69, 9.17) is 9.47 Å². The van der Waals surface area contributed by atoms with E-state index < -0.39 is 0 Å². The van der Waals surface area contributed by atoms with E-state index in [1.165, 1.54) is 30.6 Å². The number of phenolic OH excluding ortho intramolecular Hbond substituents is 1. The minimum atomic E-state index is -0.0838. The largest absolute Gasteiger partial charge is 0.507 e. The predicted molar refractivity (Wildman–Crippen MR) is 141 cm³/mol. The Morgan fingerprint density at radius 3 is 2.46 bits per heavy atom. The Kier molecular flexibility index (Phi) is 7.02. The molecule has 0 atom stereocenters. The second kappa shape index (κ2) is 10.5. The highest BCUT2D eigenvalue weighted by molar-refractivity contribution is 7.22. The number of piperidine rings is 1. The standard InChI is InChI=1S/C29H29NO4S/c1-33-22-13-14-24-26(19-22)35-29(23-7-3-4-8-25(23)31)27(24)28(32)20-9-11-21(12-10-20)34-18-17-30-15-5-2-6-16-30/h3-4,7-14,19,31H,2,5-6,15-18H2,1H3. The molecule has 5 nitrogen and oxygen atoms in total. The van der Waals surface area contributed by atoms with Crippen LogP contribution in [0.2, 0.25) is 0 Å². The molecule has 180 valence electrons. The van der Waals surface area contributed by atoms with Gasteiger partial charge in [-0.15, -0.1) is 11.3 Å². The van der Waals surface area contributed by atoms with E-state index in [2.05, 4.69) is 4.90 Å². The Morgan fingerprint density at radius 1 is 0.971 bits per heavy atom. The number of carbonyl (C=O) groups is 1. The molecule has 3 aromatic carbocycles. The zero-order valence-corrected chi connectivity index (χ0v) is 20.6. The predicted octanol–water partition coefficient (Wildman–Crippen LogP) is 6.38. The summed E-state index contributed by atoms with van der Waals surface area (Å²) in [4.78, 5) is 17.0. The van der Waals surface area contributed by atoms with Crippen molar-refractivity contribution >= 4 is 27.2 Å². The summed E-state index contributed by atoms with van der Waals surface area (Å²) >= 11 is 1.48. The summed E-state index contributed by atoms with van der Waals surface area (Å²) in [7, 11) is 1.63. The molecule has 5 rings (SSSR count). The van der Waals surface area contributed by atoms with Crippen molar-refractivity contribution < 1.29 is 19.4 Å². The fourth-order valence-corrected chi connectivity index (χ4v) is 5.87. The van der Waals surface area contributed by atoms with Crippen molar-refractivity contribution in [1.82, 2.24) is 4.90 Å². The minimum absolute atomic E-state index is 0.0838. The smallest absolute Gasteiger partial charge is 0.195 e. The van der Waals surface area contributed by atoms with E-state index in [0.717, 1.165) is 46.1 Å². The summed E-state index contributed by atoms with van der Waals surface area (Å²) in [5.41, 5.74) is 1.82. The number of para-hydroxylation sites is 1. The Balaban J connectivity index is 1.41. The number of rotatable bonds is 8. The highest BCUT2D eigenvalue weighted by Gasteiger charge is 2.23. The number of carbonyl (C=O) groups excluding carboxylic acids is 1. The number of benzene rings is 3. The number of likely N-dealkylation sites (tertiary alicyclic amines) is 1. The van der Waals surface area contributed by atoms with Gasteiger partial charge in [0.05, 0.1) is 12.0 Å². The van der Waals surface area contributed by atoms with Gasteiger partial charge < -0.3 is 14.6 Å². The molecular formula is C29H29NO4S. The van der Waals surface area contributed by atoms with Crippen LogP contribution < -0.4 is 9.47 Å². The second-order valence-corrected chi connectivity index (χ2v) is 9.84. The summed E-state index contributed by atoms with van der Waals surface area (Å²) in [6.45, 7) is 3.86. The number of methoxy groups -OCH3 is 1. The first-order chi connectivity index (χ1) is 17.1. The molecule has 4 aromatic rings. The summed E-state index contributed by atoms with van der Waals surface area (Å²) in [6, 6.07) is 20.2. The number of ether oxygens (including phenoxy) is 2. The van der Waals surface area contributed by atoms with E-state index in [1.807, 2.05) is 54.6 Å². The summed E-state index contributed by atoms with van der Waals surface area (Å²) in [6.07, 6.45) is 3.86. The number of hydrogen-bond acceptors (Lipinski definition) is 6. The van der Waals surface area contributed by atoms with Crippen LogP contribution in [0.5, 0.6) is 17.2 Å².